The van der Waals surface area contributed by atoms with Crippen LogP contribution in [0.5, 0.6) is 0 Å². The number of anilines is 3. The molecule has 0 bridgehead atoms. The molecule has 1 aliphatic heterocycles. The Hall–Kier alpha value is -1.88. The second kappa shape index (κ2) is 5.63. The molecule has 2 aromatic rings. The van der Waals surface area contributed by atoms with Gasteiger partial charge < -0.3 is 10.2 Å². The Kier molecular flexibility index (Phi) is 3.69. The fourth-order valence-electron chi connectivity index (χ4n) is 2.23. The van der Waals surface area contributed by atoms with Gasteiger partial charge >= 0.3 is 0 Å². The van der Waals surface area contributed by atoms with Crippen LogP contribution in [-0.4, -0.2) is 23.1 Å². The standard InChI is InChI=1S/C14H14ClFN4/c15-11-9-10(3-4-12(11)16)18-14-17-6-5-13(19-14)20-7-1-2-8-20/h3-6,9H,1-2,7-8H2,(H,17,18,19). The molecule has 1 saturated heterocycles. The summed E-state index contributed by atoms with van der Waals surface area (Å²) in [5.74, 6) is 0.953. The van der Waals surface area contributed by atoms with Crippen molar-refractivity contribution >= 4 is 29.1 Å². The van der Waals surface area contributed by atoms with Crippen LogP contribution < -0.4 is 10.2 Å². The molecule has 0 atom stereocenters. The third kappa shape index (κ3) is 2.82. The summed E-state index contributed by atoms with van der Waals surface area (Å²) in [5.41, 5.74) is 0.662. The minimum Gasteiger partial charge on any atom is -0.356 e. The van der Waals surface area contributed by atoms with Crippen molar-refractivity contribution in [1.29, 1.82) is 0 Å². The van der Waals surface area contributed by atoms with Gasteiger partial charge in [-0.15, -0.1) is 0 Å². The average molecular weight is 293 g/mol. The van der Waals surface area contributed by atoms with E-state index < -0.39 is 5.82 Å². The summed E-state index contributed by atoms with van der Waals surface area (Å²) in [4.78, 5) is 10.9. The number of hydrogen-bond acceptors (Lipinski definition) is 4. The first kappa shape index (κ1) is 13.1. The predicted molar refractivity (Wildman–Crippen MR) is 78.2 cm³/mol. The normalized spacial score (nSPS) is 14.6. The number of halogens is 2. The zero-order valence-corrected chi connectivity index (χ0v) is 11.6. The molecule has 1 aromatic heterocycles. The Morgan fingerprint density at radius 3 is 2.75 bits per heavy atom. The van der Waals surface area contributed by atoms with E-state index in [9.17, 15) is 4.39 Å². The molecule has 6 heteroatoms. The van der Waals surface area contributed by atoms with Crippen molar-refractivity contribution in [2.75, 3.05) is 23.3 Å². The maximum atomic E-state index is 13.1. The molecule has 0 unspecified atom stereocenters. The lowest BCUT2D eigenvalue weighted by Gasteiger charge is -2.16. The topological polar surface area (TPSA) is 41.1 Å². The molecule has 0 saturated carbocycles. The van der Waals surface area contributed by atoms with E-state index in [-0.39, 0.29) is 5.02 Å². The molecule has 0 aliphatic carbocycles. The minimum absolute atomic E-state index is 0.0747. The van der Waals surface area contributed by atoms with Crippen LogP contribution in [0, 0.1) is 5.82 Å². The Labute approximate surface area is 121 Å². The van der Waals surface area contributed by atoms with Gasteiger partial charge in [0, 0.05) is 25.0 Å². The fraction of sp³-hybridized carbons (Fsp3) is 0.286. The van der Waals surface area contributed by atoms with Gasteiger partial charge in [0.25, 0.3) is 0 Å². The molecule has 0 spiro atoms. The zero-order valence-electron chi connectivity index (χ0n) is 10.8. The first-order valence-electron chi connectivity index (χ1n) is 6.52. The molecule has 4 nitrogen and oxygen atoms in total. The van der Waals surface area contributed by atoms with E-state index >= 15 is 0 Å². The molecule has 2 heterocycles. The van der Waals surface area contributed by atoms with Crippen LogP contribution >= 0.6 is 11.6 Å². The minimum atomic E-state index is -0.441. The van der Waals surface area contributed by atoms with Gasteiger partial charge in [-0.1, -0.05) is 11.6 Å². The molecule has 104 valence electrons. The molecular formula is C14H14ClFN4. The van der Waals surface area contributed by atoms with Gasteiger partial charge in [0.2, 0.25) is 5.95 Å². The molecule has 0 radical (unpaired) electrons. The number of hydrogen-bond donors (Lipinski definition) is 1. The molecule has 20 heavy (non-hydrogen) atoms. The fourth-order valence-corrected chi connectivity index (χ4v) is 2.42. The highest BCUT2D eigenvalue weighted by Crippen LogP contribution is 2.23. The Morgan fingerprint density at radius 1 is 1.20 bits per heavy atom. The van der Waals surface area contributed by atoms with Gasteiger partial charge in [-0.2, -0.15) is 4.98 Å². The molecular weight excluding hydrogens is 279 g/mol. The first-order chi connectivity index (χ1) is 9.72. The lowest BCUT2D eigenvalue weighted by atomic mass is 10.3. The van der Waals surface area contributed by atoms with Gasteiger partial charge in [0.05, 0.1) is 5.02 Å². The van der Waals surface area contributed by atoms with Crippen LogP contribution in [0.3, 0.4) is 0 Å². The van der Waals surface area contributed by atoms with Crippen LogP contribution in [0.4, 0.5) is 21.8 Å². The van der Waals surface area contributed by atoms with Crippen LogP contribution in [-0.2, 0) is 0 Å². The average Bonchev–Trinajstić information content (AvgIpc) is 2.97. The number of rotatable bonds is 3. The van der Waals surface area contributed by atoms with Crippen molar-refractivity contribution < 1.29 is 4.39 Å². The van der Waals surface area contributed by atoms with E-state index in [1.165, 1.54) is 25.0 Å². The van der Waals surface area contributed by atoms with E-state index in [1.807, 2.05) is 6.07 Å². The number of benzene rings is 1. The second-order valence-electron chi connectivity index (χ2n) is 4.69. The summed E-state index contributed by atoms with van der Waals surface area (Å²) < 4.78 is 13.1. The maximum absolute atomic E-state index is 13.1. The van der Waals surface area contributed by atoms with Crippen LogP contribution in [0.25, 0.3) is 0 Å². The molecule has 1 N–H and O–H groups in total. The molecule has 0 amide bonds. The van der Waals surface area contributed by atoms with Crippen molar-refractivity contribution in [2.45, 2.75) is 12.8 Å². The third-order valence-corrected chi connectivity index (χ3v) is 3.54. The summed E-state index contributed by atoms with van der Waals surface area (Å²) in [7, 11) is 0. The Balaban J connectivity index is 1.79. The highest BCUT2D eigenvalue weighted by molar-refractivity contribution is 6.31. The third-order valence-electron chi connectivity index (χ3n) is 3.25. The van der Waals surface area contributed by atoms with E-state index in [1.54, 1.807) is 12.3 Å². The van der Waals surface area contributed by atoms with E-state index in [0.29, 0.717) is 11.6 Å². The van der Waals surface area contributed by atoms with Crippen molar-refractivity contribution in [1.82, 2.24) is 9.97 Å². The van der Waals surface area contributed by atoms with Gasteiger partial charge in [-0.3, -0.25) is 0 Å². The monoisotopic (exact) mass is 292 g/mol. The Bertz CT molecular complexity index is 614. The van der Waals surface area contributed by atoms with Crippen LogP contribution in [0.2, 0.25) is 5.02 Å². The summed E-state index contributed by atoms with van der Waals surface area (Å²) in [6, 6.07) is 6.33. The van der Waals surface area contributed by atoms with E-state index in [4.69, 9.17) is 11.6 Å². The first-order valence-corrected chi connectivity index (χ1v) is 6.90. The quantitative estimate of drug-likeness (QED) is 0.938. The van der Waals surface area contributed by atoms with Crippen molar-refractivity contribution in [2.24, 2.45) is 0 Å². The highest BCUT2D eigenvalue weighted by Gasteiger charge is 2.14. The highest BCUT2D eigenvalue weighted by atomic mass is 35.5. The molecule has 3 rings (SSSR count). The number of nitrogens with one attached hydrogen (secondary N) is 1. The van der Waals surface area contributed by atoms with Crippen molar-refractivity contribution in [3.8, 4) is 0 Å². The SMILES string of the molecule is Fc1ccc(Nc2nccc(N3CCCC3)n2)cc1Cl. The number of nitrogens with zero attached hydrogens (tertiary/aromatic N) is 3. The lowest BCUT2D eigenvalue weighted by molar-refractivity contribution is 0.628. The lowest BCUT2D eigenvalue weighted by Crippen LogP contribution is -2.19. The second-order valence-corrected chi connectivity index (χ2v) is 5.09. The van der Waals surface area contributed by atoms with E-state index in [0.717, 1.165) is 18.9 Å². The van der Waals surface area contributed by atoms with Gasteiger partial charge in [-0.05, 0) is 37.1 Å². The largest absolute Gasteiger partial charge is 0.356 e. The van der Waals surface area contributed by atoms with Gasteiger partial charge in [0.1, 0.15) is 11.6 Å². The zero-order chi connectivity index (χ0) is 13.9. The maximum Gasteiger partial charge on any atom is 0.229 e. The van der Waals surface area contributed by atoms with Gasteiger partial charge in [-0.25, -0.2) is 9.37 Å². The summed E-state index contributed by atoms with van der Waals surface area (Å²) in [6.45, 7) is 2.05. The predicted octanol–water partition coefficient (Wildman–Crippen LogP) is 3.61. The molecule has 1 fully saturated rings. The van der Waals surface area contributed by atoms with Crippen molar-refractivity contribution in [3.05, 3.63) is 41.3 Å². The summed E-state index contributed by atoms with van der Waals surface area (Å²) >= 11 is 5.75. The Morgan fingerprint density at radius 2 is 2.00 bits per heavy atom. The number of aromatic nitrogens is 2. The van der Waals surface area contributed by atoms with Crippen LogP contribution in [0.15, 0.2) is 30.5 Å². The smallest absolute Gasteiger partial charge is 0.229 e. The summed E-state index contributed by atoms with van der Waals surface area (Å²) in [5, 5.41) is 3.11. The van der Waals surface area contributed by atoms with Crippen LogP contribution in [0.1, 0.15) is 12.8 Å². The molecule has 1 aromatic carbocycles. The van der Waals surface area contributed by atoms with Crippen molar-refractivity contribution in [3.63, 3.8) is 0 Å². The summed E-state index contributed by atoms with van der Waals surface area (Å²) in [6.07, 6.45) is 4.11. The van der Waals surface area contributed by atoms with E-state index in [2.05, 4.69) is 20.2 Å². The van der Waals surface area contributed by atoms with Gasteiger partial charge in [0.15, 0.2) is 0 Å². The molecule has 1 aliphatic rings.